The van der Waals surface area contributed by atoms with Gasteiger partial charge < -0.3 is 10.0 Å². The Morgan fingerprint density at radius 2 is 2.21 bits per heavy atom. The maximum Gasteiger partial charge on any atom is 0.451 e. The molecule has 0 radical (unpaired) electrons. The van der Waals surface area contributed by atoms with Crippen LogP contribution >= 0.6 is 0 Å². The smallest absolute Gasteiger partial charge is 0.427 e. The molecule has 4 nitrogen and oxygen atoms in total. The molecule has 1 aromatic rings. The molecule has 0 aliphatic rings. The first-order valence-corrected chi connectivity index (χ1v) is 4.99. The van der Waals surface area contributed by atoms with Crippen LogP contribution in [0.15, 0.2) is 12.3 Å². The van der Waals surface area contributed by atoms with Gasteiger partial charge >= 0.3 is 7.12 Å². The first-order valence-electron chi connectivity index (χ1n) is 4.99. The predicted octanol–water partition coefficient (Wildman–Crippen LogP) is 0.869. The van der Waals surface area contributed by atoms with Crippen LogP contribution in [0.1, 0.15) is 31.9 Å². The molecule has 0 atom stereocenters. The fraction of sp³-hybridized carbons (Fsp3) is 0.667. The van der Waals surface area contributed by atoms with Gasteiger partial charge in [0, 0.05) is 12.7 Å². The molecule has 1 aromatic heterocycles. The molecule has 78 valence electrons. The first-order chi connectivity index (χ1) is 6.59. The fourth-order valence-electron chi connectivity index (χ4n) is 1.25. The Kier molecular flexibility index (Phi) is 4.16. The monoisotopic (exact) mass is 196 g/mol. The van der Waals surface area contributed by atoms with Gasteiger partial charge in [-0.1, -0.05) is 13.8 Å². The zero-order chi connectivity index (χ0) is 10.6. The van der Waals surface area contributed by atoms with Crippen molar-refractivity contribution in [1.82, 2.24) is 9.78 Å². The van der Waals surface area contributed by atoms with Crippen LogP contribution in [0, 0.1) is 0 Å². The maximum absolute atomic E-state index is 8.65. The van der Waals surface area contributed by atoms with Gasteiger partial charge in [0.25, 0.3) is 0 Å². The van der Waals surface area contributed by atoms with E-state index in [0.717, 1.165) is 18.7 Å². The second kappa shape index (κ2) is 5.17. The van der Waals surface area contributed by atoms with Gasteiger partial charge in [-0.25, -0.2) is 0 Å². The Labute approximate surface area is 84.7 Å². The van der Waals surface area contributed by atoms with Gasteiger partial charge in [-0.3, -0.25) is 4.68 Å². The van der Waals surface area contributed by atoms with E-state index in [4.69, 9.17) is 10.0 Å². The molecule has 0 fully saturated rings. The van der Waals surface area contributed by atoms with E-state index in [1.807, 2.05) is 16.9 Å². The Balaban J connectivity index is 2.36. The molecule has 1 heterocycles. The van der Waals surface area contributed by atoms with Gasteiger partial charge in [-0.2, -0.15) is 5.10 Å². The van der Waals surface area contributed by atoms with Crippen molar-refractivity contribution in [3.05, 3.63) is 18.0 Å². The van der Waals surface area contributed by atoms with Gasteiger partial charge in [-0.15, -0.1) is 0 Å². The topological polar surface area (TPSA) is 58.3 Å². The lowest BCUT2D eigenvalue weighted by Gasteiger charge is -2.01. The van der Waals surface area contributed by atoms with Crippen LogP contribution < -0.4 is 0 Å². The highest BCUT2D eigenvalue weighted by Crippen LogP contribution is 2.10. The van der Waals surface area contributed by atoms with Crippen LogP contribution in [0.4, 0.5) is 0 Å². The predicted molar refractivity (Wildman–Crippen MR) is 55.9 cm³/mol. The summed E-state index contributed by atoms with van der Waals surface area (Å²) in [5, 5.41) is 21.7. The molecule has 0 bridgehead atoms. The number of hydrogen-bond donors (Lipinski definition) is 2. The largest absolute Gasteiger partial charge is 0.451 e. The zero-order valence-electron chi connectivity index (χ0n) is 8.72. The first kappa shape index (κ1) is 11.3. The SMILES string of the molecule is CC(C)c1ccn(CCCB(O)O)n1. The van der Waals surface area contributed by atoms with Gasteiger partial charge in [-0.05, 0) is 24.7 Å². The van der Waals surface area contributed by atoms with Crippen molar-refractivity contribution in [2.75, 3.05) is 0 Å². The Morgan fingerprint density at radius 3 is 2.71 bits per heavy atom. The highest BCUT2D eigenvalue weighted by atomic mass is 16.4. The lowest BCUT2D eigenvalue weighted by Crippen LogP contribution is -2.11. The van der Waals surface area contributed by atoms with Crippen molar-refractivity contribution in [3.63, 3.8) is 0 Å². The summed E-state index contributed by atoms with van der Waals surface area (Å²) in [6.45, 7) is 4.94. The lowest BCUT2D eigenvalue weighted by molar-refractivity contribution is 0.399. The average Bonchev–Trinajstić information content (AvgIpc) is 2.52. The molecule has 1 rings (SSSR count). The zero-order valence-corrected chi connectivity index (χ0v) is 8.72. The molecule has 0 aliphatic heterocycles. The number of aryl methyl sites for hydroxylation is 1. The normalized spacial score (nSPS) is 10.9. The molecule has 14 heavy (non-hydrogen) atoms. The fourth-order valence-corrected chi connectivity index (χ4v) is 1.25. The Hall–Kier alpha value is -0.805. The highest BCUT2D eigenvalue weighted by Gasteiger charge is 2.07. The number of hydrogen-bond acceptors (Lipinski definition) is 3. The molecule has 0 unspecified atom stereocenters. The van der Waals surface area contributed by atoms with Crippen LogP contribution in [0.3, 0.4) is 0 Å². The summed E-state index contributed by atoms with van der Waals surface area (Å²) in [5.41, 5.74) is 1.08. The molecule has 2 N–H and O–H groups in total. The minimum atomic E-state index is -1.20. The lowest BCUT2D eigenvalue weighted by atomic mass is 9.85. The molecular formula is C9H17BN2O2. The van der Waals surface area contributed by atoms with E-state index in [2.05, 4.69) is 18.9 Å². The van der Waals surface area contributed by atoms with Crippen molar-refractivity contribution in [3.8, 4) is 0 Å². The van der Waals surface area contributed by atoms with E-state index in [9.17, 15) is 0 Å². The number of rotatable bonds is 5. The summed E-state index contributed by atoms with van der Waals surface area (Å²) in [6.07, 6.45) is 3.06. The highest BCUT2D eigenvalue weighted by molar-refractivity contribution is 6.40. The van der Waals surface area contributed by atoms with Gasteiger partial charge in [0.15, 0.2) is 0 Å². The van der Waals surface area contributed by atoms with Crippen LogP contribution in [0.2, 0.25) is 6.32 Å². The molecule has 0 aliphatic carbocycles. The van der Waals surface area contributed by atoms with Gasteiger partial charge in [0.05, 0.1) is 5.69 Å². The van der Waals surface area contributed by atoms with Crippen LogP contribution in [0.25, 0.3) is 0 Å². The molecule has 0 saturated heterocycles. The van der Waals surface area contributed by atoms with E-state index in [1.54, 1.807) is 0 Å². The van der Waals surface area contributed by atoms with Crippen molar-refractivity contribution in [1.29, 1.82) is 0 Å². The van der Waals surface area contributed by atoms with Gasteiger partial charge in [0.1, 0.15) is 0 Å². The second-order valence-corrected chi connectivity index (χ2v) is 3.78. The number of aromatic nitrogens is 2. The summed E-state index contributed by atoms with van der Waals surface area (Å²) >= 11 is 0. The summed E-state index contributed by atoms with van der Waals surface area (Å²) in [5.74, 6) is 0.444. The van der Waals surface area contributed by atoms with E-state index in [1.165, 1.54) is 0 Å². The summed E-state index contributed by atoms with van der Waals surface area (Å²) in [7, 11) is -1.20. The quantitative estimate of drug-likeness (QED) is 0.687. The molecular weight excluding hydrogens is 179 g/mol. The Bertz CT molecular complexity index is 274. The molecule has 0 aromatic carbocycles. The molecule has 0 amide bonds. The third-order valence-corrected chi connectivity index (χ3v) is 2.10. The summed E-state index contributed by atoms with van der Waals surface area (Å²) in [4.78, 5) is 0. The van der Waals surface area contributed by atoms with Crippen LogP contribution in [-0.4, -0.2) is 26.9 Å². The standard InChI is InChI=1S/C9H17BN2O2/c1-8(2)9-4-7-12(11-9)6-3-5-10(13)14/h4,7-8,13-14H,3,5-6H2,1-2H3. The minimum Gasteiger partial charge on any atom is -0.427 e. The average molecular weight is 196 g/mol. The van der Waals surface area contributed by atoms with Gasteiger partial charge in [0.2, 0.25) is 0 Å². The maximum atomic E-state index is 8.65. The molecule has 5 heteroatoms. The van der Waals surface area contributed by atoms with Crippen molar-refractivity contribution in [2.24, 2.45) is 0 Å². The minimum absolute atomic E-state index is 0.400. The summed E-state index contributed by atoms with van der Waals surface area (Å²) in [6, 6.07) is 2.00. The van der Waals surface area contributed by atoms with Crippen molar-refractivity contribution >= 4 is 7.12 Å². The number of nitrogens with zero attached hydrogens (tertiary/aromatic N) is 2. The van der Waals surface area contributed by atoms with E-state index < -0.39 is 7.12 Å². The second-order valence-electron chi connectivity index (χ2n) is 3.78. The third kappa shape index (κ3) is 3.51. The Morgan fingerprint density at radius 1 is 1.50 bits per heavy atom. The van der Waals surface area contributed by atoms with E-state index >= 15 is 0 Å². The third-order valence-electron chi connectivity index (χ3n) is 2.10. The van der Waals surface area contributed by atoms with Crippen LogP contribution in [-0.2, 0) is 6.54 Å². The molecule has 0 saturated carbocycles. The van der Waals surface area contributed by atoms with Crippen molar-refractivity contribution < 1.29 is 10.0 Å². The van der Waals surface area contributed by atoms with Crippen molar-refractivity contribution in [2.45, 2.75) is 39.1 Å². The summed E-state index contributed by atoms with van der Waals surface area (Å²) < 4.78 is 1.84. The van der Waals surface area contributed by atoms with E-state index in [-0.39, 0.29) is 0 Å². The van der Waals surface area contributed by atoms with Crippen LogP contribution in [0.5, 0.6) is 0 Å². The molecule has 0 spiro atoms. The van der Waals surface area contributed by atoms with E-state index in [0.29, 0.717) is 12.2 Å².